The average molecular weight is 344 g/mol. The van der Waals surface area contributed by atoms with E-state index in [-0.39, 0.29) is 6.03 Å². The Bertz CT molecular complexity index is 624. The van der Waals surface area contributed by atoms with Gasteiger partial charge in [0, 0.05) is 37.7 Å². The Morgan fingerprint density at radius 3 is 2.76 bits per heavy atom. The van der Waals surface area contributed by atoms with E-state index in [1.165, 1.54) is 0 Å². The Kier molecular flexibility index (Phi) is 7.40. The molecule has 0 unspecified atom stereocenters. The minimum Gasteiger partial charge on any atom is -0.338 e. The molecule has 2 heterocycles. The molecule has 2 rings (SSSR count). The van der Waals surface area contributed by atoms with Gasteiger partial charge >= 0.3 is 6.03 Å². The number of urea groups is 1. The lowest BCUT2D eigenvalue weighted by Crippen LogP contribution is -2.36. The summed E-state index contributed by atoms with van der Waals surface area (Å²) in [6.45, 7) is 6.57. The van der Waals surface area contributed by atoms with Gasteiger partial charge in [-0.15, -0.1) is 0 Å². The Morgan fingerprint density at radius 2 is 2.12 bits per heavy atom. The summed E-state index contributed by atoms with van der Waals surface area (Å²) >= 11 is 0. The molecule has 0 aliphatic heterocycles. The minimum absolute atomic E-state index is 0.143. The topological polar surface area (TPSA) is 75.1 Å². The first-order valence-electron chi connectivity index (χ1n) is 8.71. The van der Waals surface area contributed by atoms with Crippen LogP contribution in [-0.2, 0) is 6.54 Å². The number of aromatic nitrogens is 3. The molecular weight excluding hydrogens is 316 g/mol. The highest BCUT2D eigenvalue weighted by Crippen LogP contribution is 2.05. The van der Waals surface area contributed by atoms with Crippen LogP contribution in [-0.4, -0.2) is 51.6 Å². The molecule has 25 heavy (non-hydrogen) atoms. The molecule has 0 radical (unpaired) electrons. The second-order valence-electron chi connectivity index (χ2n) is 6.39. The van der Waals surface area contributed by atoms with Crippen LogP contribution in [0.1, 0.15) is 32.3 Å². The summed E-state index contributed by atoms with van der Waals surface area (Å²) in [7, 11) is 2.12. The Hall–Kier alpha value is -2.41. The van der Waals surface area contributed by atoms with Crippen LogP contribution in [0.4, 0.5) is 4.79 Å². The molecular formula is C18H28N6O. The van der Waals surface area contributed by atoms with Crippen molar-refractivity contribution in [3.63, 3.8) is 0 Å². The van der Waals surface area contributed by atoms with E-state index < -0.39 is 0 Å². The number of amides is 2. The van der Waals surface area contributed by atoms with Crippen molar-refractivity contribution in [3.8, 4) is 5.82 Å². The lowest BCUT2D eigenvalue weighted by molar-refractivity contribution is 0.239. The van der Waals surface area contributed by atoms with Gasteiger partial charge in [-0.3, -0.25) is 4.57 Å². The lowest BCUT2D eigenvalue weighted by Gasteiger charge is -2.20. The Balaban J connectivity index is 1.62. The molecule has 0 atom stereocenters. The number of hydrogen-bond donors (Lipinski definition) is 2. The van der Waals surface area contributed by atoms with E-state index in [2.05, 4.69) is 46.4 Å². The van der Waals surface area contributed by atoms with Crippen LogP contribution in [0, 0.1) is 0 Å². The second kappa shape index (κ2) is 9.78. The fourth-order valence-corrected chi connectivity index (χ4v) is 2.26. The van der Waals surface area contributed by atoms with Gasteiger partial charge in [0.1, 0.15) is 12.1 Å². The molecule has 0 aromatic carbocycles. The SMILES string of the molecule is CC(C)N(C)CCCCNC(=O)NCc1ccc(-n2ccnc2)nc1. The normalized spacial score (nSPS) is 11.1. The number of carbonyl (C=O) groups excluding carboxylic acids is 1. The lowest BCUT2D eigenvalue weighted by atomic mass is 10.2. The van der Waals surface area contributed by atoms with Gasteiger partial charge in [-0.2, -0.15) is 0 Å². The predicted octanol–water partition coefficient (Wildman–Crippen LogP) is 2.19. The number of pyridine rings is 1. The van der Waals surface area contributed by atoms with Crippen LogP contribution in [0.2, 0.25) is 0 Å². The zero-order chi connectivity index (χ0) is 18.1. The van der Waals surface area contributed by atoms with Gasteiger partial charge in [-0.25, -0.2) is 14.8 Å². The highest BCUT2D eigenvalue weighted by Gasteiger charge is 2.04. The van der Waals surface area contributed by atoms with Crippen LogP contribution in [0.15, 0.2) is 37.1 Å². The monoisotopic (exact) mass is 344 g/mol. The van der Waals surface area contributed by atoms with E-state index in [9.17, 15) is 4.79 Å². The van der Waals surface area contributed by atoms with E-state index in [1.807, 2.05) is 22.9 Å². The maximum absolute atomic E-state index is 11.8. The number of nitrogens with zero attached hydrogens (tertiary/aromatic N) is 4. The molecule has 2 N–H and O–H groups in total. The molecule has 0 saturated carbocycles. The molecule has 0 aliphatic carbocycles. The van der Waals surface area contributed by atoms with E-state index >= 15 is 0 Å². The molecule has 2 aromatic rings. The molecule has 2 amide bonds. The largest absolute Gasteiger partial charge is 0.338 e. The van der Waals surface area contributed by atoms with E-state index in [4.69, 9.17) is 0 Å². The quantitative estimate of drug-likeness (QED) is 0.684. The van der Waals surface area contributed by atoms with Crippen molar-refractivity contribution < 1.29 is 4.79 Å². The number of carbonyl (C=O) groups is 1. The summed E-state index contributed by atoms with van der Waals surface area (Å²) < 4.78 is 1.83. The van der Waals surface area contributed by atoms with Crippen molar-refractivity contribution >= 4 is 6.03 Å². The number of unbranched alkanes of at least 4 members (excludes halogenated alkanes) is 1. The van der Waals surface area contributed by atoms with Crippen molar-refractivity contribution in [2.75, 3.05) is 20.1 Å². The van der Waals surface area contributed by atoms with E-state index in [0.717, 1.165) is 30.8 Å². The van der Waals surface area contributed by atoms with Crippen molar-refractivity contribution in [2.24, 2.45) is 0 Å². The summed E-state index contributed by atoms with van der Waals surface area (Å²) in [5, 5.41) is 5.74. The molecule has 0 bridgehead atoms. The van der Waals surface area contributed by atoms with Crippen molar-refractivity contribution in [1.82, 2.24) is 30.1 Å². The van der Waals surface area contributed by atoms with Gasteiger partial charge in [0.25, 0.3) is 0 Å². The summed E-state index contributed by atoms with van der Waals surface area (Å²) in [5.41, 5.74) is 0.956. The van der Waals surface area contributed by atoms with E-state index in [1.54, 1.807) is 18.7 Å². The van der Waals surface area contributed by atoms with Crippen molar-refractivity contribution in [3.05, 3.63) is 42.6 Å². The third kappa shape index (κ3) is 6.54. The molecule has 2 aromatic heterocycles. The van der Waals surface area contributed by atoms with Crippen LogP contribution in [0.3, 0.4) is 0 Å². The first kappa shape index (κ1) is 18.9. The summed E-state index contributed by atoms with van der Waals surface area (Å²) in [5.74, 6) is 0.803. The fourth-order valence-electron chi connectivity index (χ4n) is 2.26. The molecule has 0 aliphatic rings. The highest BCUT2D eigenvalue weighted by molar-refractivity contribution is 5.73. The summed E-state index contributed by atoms with van der Waals surface area (Å²) in [4.78, 5) is 22.5. The fraction of sp³-hybridized carbons (Fsp3) is 0.500. The zero-order valence-electron chi connectivity index (χ0n) is 15.3. The van der Waals surface area contributed by atoms with E-state index in [0.29, 0.717) is 19.1 Å². The van der Waals surface area contributed by atoms with Crippen molar-refractivity contribution in [2.45, 2.75) is 39.3 Å². The zero-order valence-corrected chi connectivity index (χ0v) is 15.3. The summed E-state index contributed by atoms with van der Waals surface area (Å²) in [6, 6.07) is 4.27. The highest BCUT2D eigenvalue weighted by atomic mass is 16.2. The smallest absolute Gasteiger partial charge is 0.315 e. The molecule has 0 spiro atoms. The summed E-state index contributed by atoms with van der Waals surface area (Å²) in [6.07, 6.45) is 9.07. The molecule has 7 nitrogen and oxygen atoms in total. The first-order chi connectivity index (χ1) is 12.1. The molecule has 136 valence electrons. The Morgan fingerprint density at radius 1 is 1.28 bits per heavy atom. The Labute approximate surface area is 149 Å². The standard InChI is InChI=1S/C18H28N6O/c1-15(2)23(3)10-5-4-8-20-18(25)22-13-16-6-7-17(21-12-16)24-11-9-19-14-24/h6-7,9,11-12,14-15H,4-5,8,10,13H2,1-3H3,(H2,20,22,25). The number of imidazole rings is 1. The van der Waals surface area contributed by atoms with Crippen LogP contribution < -0.4 is 10.6 Å². The third-order valence-electron chi connectivity index (χ3n) is 4.14. The van der Waals surface area contributed by atoms with Gasteiger partial charge in [0.2, 0.25) is 0 Å². The molecule has 0 fully saturated rings. The van der Waals surface area contributed by atoms with Crippen molar-refractivity contribution in [1.29, 1.82) is 0 Å². The molecule has 7 heteroatoms. The predicted molar refractivity (Wildman–Crippen MR) is 98.6 cm³/mol. The van der Waals surface area contributed by atoms with Crippen LogP contribution >= 0.6 is 0 Å². The average Bonchev–Trinajstić information content (AvgIpc) is 3.14. The first-order valence-corrected chi connectivity index (χ1v) is 8.71. The van der Waals surface area contributed by atoms with Gasteiger partial charge in [0.05, 0.1) is 0 Å². The van der Waals surface area contributed by atoms with Gasteiger partial charge in [0.15, 0.2) is 0 Å². The minimum atomic E-state index is -0.143. The van der Waals surface area contributed by atoms with Crippen LogP contribution in [0.25, 0.3) is 5.82 Å². The second-order valence-corrected chi connectivity index (χ2v) is 6.39. The number of rotatable bonds is 9. The maximum Gasteiger partial charge on any atom is 0.315 e. The number of nitrogens with one attached hydrogen (secondary N) is 2. The maximum atomic E-state index is 11.8. The molecule has 0 saturated heterocycles. The van der Waals surface area contributed by atoms with Gasteiger partial charge < -0.3 is 15.5 Å². The third-order valence-corrected chi connectivity index (χ3v) is 4.14. The van der Waals surface area contributed by atoms with Gasteiger partial charge in [-0.05, 0) is 51.9 Å². The van der Waals surface area contributed by atoms with Crippen LogP contribution in [0.5, 0.6) is 0 Å². The number of hydrogen-bond acceptors (Lipinski definition) is 4. The van der Waals surface area contributed by atoms with Gasteiger partial charge in [-0.1, -0.05) is 6.07 Å².